The van der Waals surface area contributed by atoms with Gasteiger partial charge in [0.1, 0.15) is 0 Å². The Morgan fingerprint density at radius 1 is 1.22 bits per heavy atom. The predicted molar refractivity (Wildman–Crippen MR) is 78.3 cm³/mol. The molecule has 106 valence electrons. The van der Waals surface area contributed by atoms with E-state index in [9.17, 15) is 4.79 Å². The lowest BCUT2D eigenvalue weighted by Crippen LogP contribution is -2.45. The Bertz CT molecular complexity index is 300. The molecule has 0 aromatic heterocycles. The van der Waals surface area contributed by atoms with Gasteiger partial charge in [0.25, 0.3) is 0 Å². The average molecular weight is 291 g/mol. The van der Waals surface area contributed by atoms with Gasteiger partial charge in [-0.3, -0.25) is 0 Å². The van der Waals surface area contributed by atoms with Gasteiger partial charge in [0.05, 0.1) is 6.61 Å². The minimum Gasteiger partial charge on any atom is -0.462 e. The smallest absolute Gasteiger partial charge is 0.333 e. The molecule has 0 amide bonds. The van der Waals surface area contributed by atoms with Crippen LogP contribution in [0.2, 0.25) is 32.2 Å². The Hall–Kier alpha value is -0.436. The molecule has 0 saturated carbocycles. The normalized spacial score (nSPS) is 12.3. The van der Waals surface area contributed by atoms with E-state index in [1.165, 1.54) is 0 Å². The maximum Gasteiger partial charge on any atom is 0.333 e. The summed E-state index contributed by atoms with van der Waals surface area (Å²) in [7, 11) is -2.01. The quantitative estimate of drug-likeness (QED) is 0.298. The van der Waals surface area contributed by atoms with Gasteiger partial charge < -0.3 is 13.3 Å². The second kappa shape index (κ2) is 7.23. The summed E-state index contributed by atoms with van der Waals surface area (Å²) in [6.07, 6.45) is 0.826. The fourth-order valence-electron chi connectivity index (χ4n) is 1.54. The number of carbonyl (C=O) groups excluding carboxylic acids is 1. The highest BCUT2D eigenvalue weighted by molar-refractivity contribution is 6.82. The van der Waals surface area contributed by atoms with Gasteiger partial charge in [0.15, 0.2) is 8.32 Å². The van der Waals surface area contributed by atoms with Crippen LogP contribution in [-0.2, 0) is 18.1 Å². The Kier molecular flexibility index (Phi) is 7.05. The summed E-state index contributed by atoms with van der Waals surface area (Å²) in [4.78, 5) is 11.2. The molecule has 0 fully saturated rings. The highest BCUT2D eigenvalue weighted by Gasteiger charge is 2.33. The van der Waals surface area contributed by atoms with Crippen LogP contribution in [0.15, 0.2) is 12.2 Å². The molecule has 0 aliphatic rings. The topological polar surface area (TPSA) is 44.8 Å². The van der Waals surface area contributed by atoms with Crippen molar-refractivity contribution in [3.05, 3.63) is 12.2 Å². The molecule has 0 radical (unpaired) electrons. The first-order valence-electron chi connectivity index (χ1n) is 6.17. The van der Waals surface area contributed by atoms with Crippen LogP contribution in [0.5, 0.6) is 0 Å². The van der Waals surface area contributed by atoms with Crippen molar-refractivity contribution in [2.45, 2.75) is 45.6 Å². The van der Waals surface area contributed by atoms with Crippen LogP contribution >= 0.6 is 0 Å². The van der Waals surface area contributed by atoms with Gasteiger partial charge in [0, 0.05) is 12.7 Å². The molecule has 6 heteroatoms. The number of esters is 1. The van der Waals surface area contributed by atoms with E-state index in [4.69, 9.17) is 13.3 Å². The van der Waals surface area contributed by atoms with Crippen LogP contribution in [0.1, 0.15) is 13.3 Å². The molecule has 0 atom stereocenters. The van der Waals surface area contributed by atoms with Gasteiger partial charge in [-0.15, -0.1) is 0 Å². The molecular weight excluding hydrogens is 264 g/mol. The van der Waals surface area contributed by atoms with Crippen molar-refractivity contribution in [2.75, 3.05) is 13.7 Å². The summed E-state index contributed by atoms with van der Waals surface area (Å²) in [6.45, 7) is 14.0. The molecule has 0 saturated heterocycles. The Morgan fingerprint density at radius 2 is 1.78 bits per heavy atom. The van der Waals surface area contributed by atoms with Crippen molar-refractivity contribution in [1.29, 1.82) is 0 Å². The summed E-state index contributed by atoms with van der Waals surface area (Å²) in [5.41, 5.74) is 0.440. The number of hydrogen-bond donors (Lipinski definition) is 0. The van der Waals surface area contributed by atoms with E-state index >= 15 is 0 Å². The molecule has 0 aromatic rings. The van der Waals surface area contributed by atoms with Gasteiger partial charge in [-0.1, -0.05) is 6.58 Å². The summed E-state index contributed by atoms with van der Waals surface area (Å²) < 4.78 is 16.6. The van der Waals surface area contributed by atoms with Crippen molar-refractivity contribution in [2.24, 2.45) is 0 Å². The Morgan fingerprint density at radius 3 is 2.22 bits per heavy atom. The molecule has 0 spiro atoms. The summed E-state index contributed by atoms with van der Waals surface area (Å²) >= 11 is 0. The molecule has 0 rings (SSSR count). The number of rotatable bonds is 8. The van der Waals surface area contributed by atoms with Crippen molar-refractivity contribution < 1.29 is 18.1 Å². The molecule has 0 N–H and O–H groups in total. The fraction of sp³-hybridized carbons (Fsp3) is 0.750. The SMILES string of the molecule is C=C(C)C(=O)OCCC[Si](C)(C)O[Si](C)(C)OC. The maximum absolute atomic E-state index is 11.2. The molecule has 0 aliphatic heterocycles. The van der Waals surface area contributed by atoms with Crippen molar-refractivity contribution >= 4 is 22.8 Å². The monoisotopic (exact) mass is 290 g/mol. The van der Waals surface area contributed by atoms with Crippen molar-refractivity contribution in [3.8, 4) is 0 Å². The van der Waals surface area contributed by atoms with Crippen LogP contribution in [0.25, 0.3) is 0 Å². The van der Waals surface area contributed by atoms with Gasteiger partial charge in [-0.05, 0) is 45.6 Å². The van der Waals surface area contributed by atoms with Crippen LogP contribution in [0, 0.1) is 0 Å². The number of ether oxygens (including phenoxy) is 1. The average Bonchev–Trinajstić information content (AvgIpc) is 2.22. The Labute approximate surface area is 113 Å². The zero-order valence-electron chi connectivity index (χ0n) is 12.5. The summed E-state index contributed by atoms with van der Waals surface area (Å²) in [5, 5.41) is 0. The first-order valence-corrected chi connectivity index (χ1v) is 12.1. The minimum absolute atomic E-state index is 0.318. The lowest BCUT2D eigenvalue weighted by molar-refractivity contribution is -0.138. The molecule has 0 aromatic carbocycles. The molecule has 0 heterocycles. The lowest BCUT2D eigenvalue weighted by atomic mass is 10.4. The molecule has 4 nitrogen and oxygen atoms in total. The fourth-order valence-corrected chi connectivity index (χ4v) is 8.60. The van der Waals surface area contributed by atoms with Gasteiger partial charge >= 0.3 is 14.5 Å². The highest BCUT2D eigenvalue weighted by Crippen LogP contribution is 2.20. The largest absolute Gasteiger partial charge is 0.462 e. The van der Waals surface area contributed by atoms with E-state index in [1.54, 1.807) is 14.0 Å². The van der Waals surface area contributed by atoms with Crippen LogP contribution < -0.4 is 0 Å². The van der Waals surface area contributed by atoms with E-state index < -0.39 is 16.9 Å². The first kappa shape index (κ1) is 17.6. The van der Waals surface area contributed by atoms with Crippen molar-refractivity contribution in [1.82, 2.24) is 0 Å². The van der Waals surface area contributed by atoms with E-state index in [0.29, 0.717) is 12.2 Å². The maximum atomic E-state index is 11.2. The third kappa shape index (κ3) is 7.81. The van der Waals surface area contributed by atoms with Crippen LogP contribution in [0.3, 0.4) is 0 Å². The molecule has 0 aliphatic carbocycles. The van der Waals surface area contributed by atoms with Gasteiger partial charge in [-0.25, -0.2) is 4.79 Å². The molecule has 0 bridgehead atoms. The third-order valence-electron chi connectivity index (χ3n) is 2.52. The van der Waals surface area contributed by atoms with E-state index in [1.807, 2.05) is 13.1 Å². The van der Waals surface area contributed by atoms with Gasteiger partial charge in [0.2, 0.25) is 0 Å². The standard InChI is InChI=1S/C12H26O4Si2/c1-11(2)12(13)15-9-8-10-17(4,5)16-18(6,7)14-3/h1,8-10H2,2-7H3. The van der Waals surface area contributed by atoms with Crippen molar-refractivity contribution in [3.63, 3.8) is 0 Å². The zero-order valence-corrected chi connectivity index (χ0v) is 14.5. The van der Waals surface area contributed by atoms with E-state index in [0.717, 1.165) is 12.5 Å². The zero-order chi connectivity index (χ0) is 14.4. The highest BCUT2D eigenvalue weighted by atomic mass is 28.4. The molecule has 0 unspecified atom stereocenters. The second-order valence-corrected chi connectivity index (χ2v) is 13.5. The molecular formula is C12H26O4Si2. The minimum atomic E-state index is -1.97. The van der Waals surface area contributed by atoms with E-state index in [-0.39, 0.29) is 5.97 Å². The summed E-state index contributed by atoms with van der Waals surface area (Å²) in [5.74, 6) is -0.318. The Balaban J connectivity index is 3.98. The number of carbonyl (C=O) groups is 1. The first-order chi connectivity index (χ1) is 8.09. The predicted octanol–water partition coefficient (Wildman–Crippen LogP) is 3.07. The second-order valence-electron chi connectivity index (χ2n) is 5.49. The molecule has 18 heavy (non-hydrogen) atoms. The van der Waals surface area contributed by atoms with Crippen LogP contribution in [0.4, 0.5) is 0 Å². The third-order valence-corrected chi connectivity index (χ3v) is 9.24. The van der Waals surface area contributed by atoms with E-state index in [2.05, 4.69) is 19.7 Å². The lowest BCUT2D eigenvalue weighted by Gasteiger charge is -2.32. The van der Waals surface area contributed by atoms with Crippen LogP contribution in [-0.4, -0.2) is 36.6 Å². The number of hydrogen-bond acceptors (Lipinski definition) is 4. The van der Waals surface area contributed by atoms with Gasteiger partial charge in [-0.2, -0.15) is 0 Å². The summed E-state index contributed by atoms with van der Waals surface area (Å²) in [6, 6.07) is 0.955.